The Morgan fingerprint density at radius 3 is 1.56 bits per heavy atom. The topological polar surface area (TPSA) is 51.6 Å². The van der Waals surface area contributed by atoms with Gasteiger partial charge in [-0.15, -0.1) is 0 Å². The van der Waals surface area contributed by atoms with Crippen LogP contribution in [-0.2, 0) is 5.41 Å². The first kappa shape index (κ1) is 36.6. The van der Waals surface area contributed by atoms with E-state index in [0.717, 1.165) is 72.6 Å². The van der Waals surface area contributed by atoms with Gasteiger partial charge in [0.05, 0.1) is 39.4 Å². The van der Waals surface area contributed by atoms with Crippen molar-refractivity contribution in [2.75, 3.05) is 0 Å². The Hall–Kier alpha value is -7.99. The summed E-state index contributed by atoms with van der Waals surface area (Å²) < 4.78 is 0. The van der Waals surface area contributed by atoms with Crippen LogP contribution in [0, 0.1) is 0 Å². The summed E-state index contributed by atoms with van der Waals surface area (Å²) in [6.45, 7) is 0. The van der Waals surface area contributed by atoms with Crippen molar-refractivity contribution in [3.63, 3.8) is 0 Å². The van der Waals surface area contributed by atoms with E-state index in [1.807, 2.05) is 48.2 Å². The molecule has 13 rings (SSSR count). The van der Waals surface area contributed by atoms with E-state index >= 15 is 0 Å². The van der Waals surface area contributed by atoms with Crippen molar-refractivity contribution in [1.29, 1.82) is 0 Å². The molecule has 64 heavy (non-hydrogen) atoms. The number of hydrogen-bond donors (Lipinski definition) is 0. The molecule has 0 saturated heterocycles. The average Bonchev–Trinajstić information content (AvgIpc) is 3.65. The monoisotopic (exact) mass is 832 g/mol. The number of rotatable bonds is 5. The molecule has 298 valence electrons. The van der Waals surface area contributed by atoms with E-state index in [9.17, 15) is 0 Å². The summed E-state index contributed by atoms with van der Waals surface area (Å²) in [7, 11) is 0. The molecular weight excluding hydrogens is 797 g/mol. The van der Waals surface area contributed by atoms with Gasteiger partial charge in [0.2, 0.25) is 0 Å². The van der Waals surface area contributed by atoms with Crippen molar-refractivity contribution in [2.45, 2.75) is 15.2 Å². The van der Waals surface area contributed by atoms with E-state index in [4.69, 9.17) is 9.97 Å². The fourth-order valence-electron chi connectivity index (χ4n) is 10.2. The first-order valence-electron chi connectivity index (χ1n) is 21.6. The minimum absolute atomic E-state index is 0.464. The van der Waals surface area contributed by atoms with E-state index in [-0.39, 0.29) is 0 Å². The fraction of sp³-hybridized carbons (Fsp3) is 0.0169. The second kappa shape index (κ2) is 14.6. The van der Waals surface area contributed by atoms with Crippen LogP contribution in [0.1, 0.15) is 22.3 Å². The summed E-state index contributed by atoms with van der Waals surface area (Å²) in [5, 5.41) is 3.49. The maximum Gasteiger partial charge on any atom is 0.0900 e. The lowest BCUT2D eigenvalue weighted by atomic mass is 9.67. The van der Waals surface area contributed by atoms with E-state index in [1.165, 1.54) is 48.6 Å². The summed E-state index contributed by atoms with van der Waals surface area (Å²) in [6.07, 6.45) is 3.61. The lowest BCUT2D eigenvalue weighted by Gasteiger charge is -2.39. The van der Waals surface area contributed by atoms with Gasteiger partial charge in [-0.05, 0) is 128 Å². The zero-order valence-electron chi connectivity index (χ0n) is 34.5. The molecule has 0 unspecified atom stereocenters. The Kier molecular flexibility index (Phi) is 8.33. The summed E-state index contributed by atoms with van der Waals surface area (Å²) in [5.41, 5.74) is 18.1. The Balaban J connectivity index is 0.987. The SMILES string of the molecule is c1ccc(-c2nc3cc(-c4ccc(-c5cc(-c6ccccn6)nc(-c6ccccn6)c5)cc4)ccc3c3cc4c(cc23)-c2ccccc2C42c3ccccc3Sc3ccccc32)cc1. The summed E-state index contributed by atoms with van der Waals surface area (Å²) >= 11 is 1.88. The van der Waals surface area contributed by atoms with Gasteiger partial charge in [-0.25, -0.2) is 9.97 Å². The molecule has 4 nitrogen and oxygen atoms in total. The molecule has 1 aliphatic heterocycles. The average molecular weight is 833 g/mol. The van der Waals surface area contributed by atoms with Crippen LogP contribution in [0.25, 0.3) is 89.1 Å². The van der Waals surface area contributed by atoms with Crippen molar-refractivity contribution >= 4 is 33.4 Å². The van der Waals surface area contributed by atoms with Crippen molar-refractivity contribution in [3.8, 4) is 67.4 Å². The van der Waals surface area contributed by atoms with Gasteiger partial charge in [0, 0.05) is 38.5 Å². The highest BCUT2D eigenvalue weighted by Gasteiger charge is 2.50. The Bertz CT molecular complexity index is 3520. The standard InChI is InChI=1S/C59H36N4S/c1-2-14-39(15-3-1)58-46-35-45-42-16-4-5-17-47(42)59(48-18-6-8-22-56(48)64-57-23-9-7-19-49(57)59)50(45)36-44(46)43-29-28-40(32-53(43)63-58)37-24-26-38(27-25-37)41-33-54(51-20-10-12-30-60-51)62-55(34-41)52-21-11-13-31-61-52/h1-36H. The largest absolute Gasteiger partial charge is 0.255 e. The smallest absolute Gasteiger partial charge is 0.0900 e. The molecule has 0 bridgehead atoms. The van der Waals surface area contributed by atoms with Gasteiger partial charge in [-0.3, -0.25) is 9.97 Å². The fourth-order valence-corrected chi connectivity index (χ4v) is 11.4. The van der Waals surface area contributed by atoms with E-state index in [1.54, 1.807) is 12.4 Å². The number of nitrogens with zero attached hydrogens (tertiary/aromatic N) is 4. The van der Waals surface area contributed by atoms with Crippen LogP contribution in [0.5, 0.6) is 0 Å². The molecule has 1 spiro atoms. The normalized spacial score (nSPS) is 13.1. The molecule has 0 fully saturated rings. The molecule has 0 amide bonds. The summed E-state index contributed by atoms with van der Waals surface area (Å²) in [4.78, 5) is 22.4. The highest BCUT2D eigenvalue weighted by molar-refractivity contribution is 7.99. The van der Waals surface area contributed by atoms with Gasteiger partial charge in [-0.2, -0.15) is 0 Å². The van der Waals surface area contributed by atoms with Crippen molar-refractivity contribution < 1.29 is 0 Å². The minimum Gasteiger partial charge on any atom is -0.255 e. The van der Waals surface area contributed by atoms with Gasteiger partial charge < -0.3 is 0 Å². The Labute approximate surface area is 375 Å². The number of hydrogen-bond acceptors (Lipinski definition) is 5. The second-order valence-electron chi connectivity index (χ2n) is 16.5. The minimum atomic E-state index is -0.464. The summed E-state index contributed by atoms with van der Waals surface area (Å²) in [6, 6.07) is 74.3. The second-order valence-corrected chi connectivity index (χ2v) is 17.6. The number of fused-ring (bicyclic) bond motifs is 12. The molecule has 7 aromatic carbocycles. The maximum atomic E-state index is 5.54. The predicted molar refractivity (Wildman–Crippen MR) is 261 cm³/mol. The highest BCUT2D eigenvalue weighted by Crippen LogP contribution is 2.63. The predicted octanol–water partition coefficient (Wildman–Crippen LogP) is 14.7. The molecule has 5 heteroatoms. The third kappa shape index (κ3) is 5.64. The van der Waals surface area contributed by atoms with Gasteiger partial charge in [0.1, 0.15) is 0 Å². The highest BCUT2D eigenvalue weighted by atomic mass is 32.2. The number of benzene rings is 7. The van der Waals surface area contributed by atoms with Crippen LogP contribution in [0.3, 0.4) is 0 Å². The molecular formula is C59H36N4S. The molecule has 0 radical (unpaired) electrons. The third-order valence-electron chi connectivity index (χ3n) is 13.0. The Morgan fingerprint density at radius 2 is 0.906 bits per heavy atom. The van der Waals surface area contributed by atoms with Crippen LogP contribution in [-0.4, -0.2) is 19.9 Å². The lowest BCUT2D eigenvalue weighted by molar-refractivity contribution is 0.723. The van der Waals surface area contributed by atoms with Crippen molar-refractivity contribution in [3.05, 3.63) is 241 Å². The van der Waals surface area contributed by atoms with E-state index < -0.39 is 5.41 Å². The molecule has 11 aromatic rings. The maximum absolute atomic E-state index is 5.54. The van der Waals surface area contributed by atoms with Crippen LogP contribution in [0.2, 0.25) is 0 Å². The molecule has 4 aromatic heterocycles. The summed E-state index contributed by atoms with van der Waals surface area (Å²) in [5.74, 6) is 0. The quantitative estimate of drug-likeness (QED) is 0.162. The number of aromatic nitrogens is 4. The van der Waals surface area contributed by atoms with Crippen molar-refractivity contribution in [2.24, 2.45) is 0 Å². The van der Waals surface area contributed by atoms with E-state index in [0.29, 0.717) is 0 Å². The zero-order valence-corrected chi connectivity index (χ0v) is 35.3. The van der Waals surface area contributed by atoms with Crippen LogP contribution in [0.15, 0.2) is 228 Å². The van der Waals surface area contributed by atoms with Gasteiger partial charge >= 0.3 is 0 Å². The molecule has 0 atom stereocenters. The van der Waals surface area contributed by atoms with Crippen molar-refractivity contribution in [1.82, 2.24) is 19.9 Å². The zero-order chi connectivity index (χ0) is 42.2. The lowest BCUT2D eigenvalue weighted by Crippen LogP contribution is -2.31. The molecule has 0 N–H and O–H groups in total. The third-order valence-corrected chi connectivity index (χ3v) is 14.2. The van der Waals surface area contributed by atoms with Crippen LogP contribution < -0.4 is 0 Å². The molecule has 5 heterocycles. The van der Waals surface area contributed by atoms with Gasteiger partial charge in [-0.1, -0.05) is 151 Å². The first-order chi connectivity index (χ1) is 31.7. The van der Waals surface area contributed by atoms with Gasteiger partial charge in [0.15, 0.2) is 0 Å². The van der Waals surface area contributed by atoms with Gasteiger partial charge in [0.25, 0.3) is 0 Å². The first-order valence-corrected chi connectivity index (χ1v) is 22.4. The van der Waals surface area contributed by atoms with Crippen LogP contribution >= 0.6 is 11.8 Å². The molecule has 2 aliphatic rings. The number of pyridine rings is 4. The van der Waals surface area contributed by atoms with E-state index in [2.05, 4.69) is 180 Å². The Morgan fingerprint density at radius 1 is 0.328 bits per heavy atom. The molecule has 0 saturated carbocycles. The van der Waals surface area contributed by atoms with Crippen LogP contribution in [0.4, 0.5) is 0 Å². The molecule has 1 aliphatic carbocycles.